The number of alkyl halides is 3. The fraction of sp³-hybridized carbons (Fsp3) is 0.389. The Bertz CT molecular complexity index is 938. The SMILES string of the molecule is COCc1nc(C(=O)N[C@@H](c2ccc(C(F)(F)F)c(F)c2)C2CC2)cc(=O)[nH]1. The van der Waals surface area contributed by atoms with E-state index in [2.05, 4.69) is 15.3 Å². The number of amides is 1. The molecular formula is C18H17F4N3O3. The molecule has 0 bridgehead atoms. The van der Waals surface area contributed by atoms with E-state index in [1.807, 2.05) is 0 Å². The van der Waals surface area contributed by atoms with Gasteiger partial charge >= 0.3 is 6.18 Å². The Morgan fingerprint density at radius 1 is 1.36 bits per heavy atom. The van der Waals surface area contributed by atoms with Crippen LogP contribution in [-0.2, 0) is 17.5 Å². The van der Waals surface area contributed by atoms with Gasteiger partial charge in [0, 0.05) is 13.2 Å². The summed E-state index contributed by atoms with van der Waals surface area (Å²) in [6, 6.07) is 2.92. The number of ether oxygens (including phenoxy) is 1. The average Bonchev–Trinajstić information content (AvgIpc) is 3.43. The maximum absolute atomic E-state index is 13.9. The van der Waals surface area contributed by atoms with Crippen molar-refractivity contribution in [3.8, 4) is 0 Å². The molecule has 150 valence electrons. The fourth-order valence-electron chi connectivity index (χ4n) is 2.90. The summed E-state index contributed by atoms with van der Waals surface area (Å²) in [6.45, 7) is -0.00741. The Kier molecular flexibility index (Phi) is 5.50. The summed E-state index contributed by atoms with van der Waals surface area (Å²) in [5.74, 6) is -1.95. The Morgan fingerprint density at radius 2 is 2.07 bits per heavy atom. The fourth-order valence-corrected chi connectivity index (χ4v) is 2.90. The van der Waals surface area contributed by atoms with Crippen LogP contribution in [0.5, 0.6) is 0 Å². The predicted octanol–water partition coefficient (Wildman–Crippen LogP) is 2.96. The van der Waals surface area contributed by atoms with E-state index in [4.69, 9.17) is 4.74 Å². The van der Waals surface area contributed by atoms with Gasteiger partial charge in [-0.15, -0.1) is 0 Å². The van der Waals surface area contributed by atoms with Gasteiger partial charge in [0.1, 0.15) is 23.9 Å². The van der Waals surface area contributed by atoms with Crippen LogP contribution in [-0.4, -0.2) is 23.0 Å². The summed E-state index contributed by atoms with van der Waals surface area (Å²) >= 11 is 0. The van der Waals surface area contributed by atoms with Crippen LogP contribution >= 0.6 is 0 Å². The highest BCUT2D eigenvalue weighted by Crippen LogP contribution is 2.42. The Hall–Kier alpha value is -2.75. The van der Waals surface area contributed by atoms with Crippen LogP contribution in [0.15, 0.2) is 29.1 Å². The molecule has 1 amide bonds. The molecule has 1 heterocycles. The number of carbonyl (C=O) groups is 1. The standard InChI is InChI=1S/C18H17F4N3O3/c1-28-8-14-23-13(7-15(26)24-14)17(27)25-16(9-2-3-9)10-4-5-11(12(19)6-10)18(20,21)22/h4-7,9,16H,2-3,8H2,1H3,(H,25,27)(H,23,24,26)/t16-/m1/s1. The van der Waals surface area contributed by atoms with E-state index < -0.39 is 35.1 Å². The Balaban J connectivity index is 1.86. The Morgan fingerprint density at radius 3 is 2.64 bits per heavy atom. The molecule has 0 saturated heterocycles. The van der Waals surface area contributed by atoms with Crippen molar-refractivity contribution >= 4 is 5.91 Å². The van der Waals surface area contributed by atoms with Crippen molar-refractivity contribution in [1.82, 2.24) is 15.3 Å². The van der Waals surface area contributed by atoms with Gasteiger partial charge in [0.25, 0.3) is 11.5 Å². The van der Waals surface area contributed by atoms with Gasteiger partial charge in [-0.05, 0) is 36.5 Å². The van der Waals surface area contributed by atoms with Gasteiger partial charge in [-0.25, -0.2) is 9.37 Å². The third kappa shape index (κ3) is 4.56. The maximum Gasteiger partial charge on any atom is 0.419 e. The van der Waals surface area contributed by atoms with Crippen LogP contribution in [0, 0.1) is 11.7 Å². The third-order valence-electron chi connectivity index (χ3n) is 4.34. The third-order valence-corrected chi connectivity index (χ3v) is 4.34. The van der Waals surface area contributed by atoms with Gasteiger partial charge < -0.3 is 15.0 Å². The smallest absolute Gasteiger partial charge is 0.377 e. The van der Waals surface area contributed by atoms with Crippen molar-refractivity contribution in [2.24, 2.45) is 5.92 Å². The number of carbonyl (C=O) groups excluding carboxylic acids is 1. The number of aromatic amines is 1. The molecule has 0 radical (unpaired) electrons. The van der Waals surface area contributed by atoms with Crippen molar-refractivity contribution in [3.63, 3.8) is 0 Å². The molecule has 3 rings (SSSR count). The Labute approximate surface area is 156 Å². The van der Waals surface area contributed by atoms with Crippen LogP contribution in [0.25, 0.3) is 0 Å². The normalized spacial score (nSPS) is 15.3. The molecule has 0 aliphatic heterocycles. The summed E-state index contributed by atoms with van der Waals surface area (Å²) < 4.78 is 57.1. The highest BCUT2D eigenvalue weighted by Gasteiger charge is 2.37. The van der Waals surface area contributed by atoms with Crippen LogP contribution < -0.4 is 10.9 Å². The van der Waals surface area contributed by atoms with Crippen molar-refractivity contribution in [2.45, 2.75) is 31.7 Å². The number of hydrogen-bond donors (Lipinski definition) is 2. The minimum Gasteiger partial charge on any atom is -0.377 e. The molecule has 1 aliphatic carbocycles. The second-order valence-electron chi connectivity index (χ2n) is 6.54. The number of hydrogen-bond acceptors (Lipinski definition) is 4. The zero-order valence-electron chi connectivity index (χ0n) is 14.8. The molecule has 1 saturated carbocycles. The van der Waals surface area contributed by atoms with Crippen LogP contribution in [0.1, 0.15) is 46.3 Å². The summed E-state index contributed by atoms with van der Waals surface area (Å²) in [7, 11) is 1.40. The lowest BCUT2D eigenvalue weighted by molar-refractivity contribution is -0.140. The molecule has 1 aromatic heterocycles. The van der Waals surface area contributed by atoms with E-state index in [0.29, 0.717) is 6.07 Å². The van der Waals surface area contributed by atoms with Crippen molar-refractivity contribution in [2.75, 3.05) is 7.11 Å². The largest absolute Gasteiger partial charge is 0.419 e. The molecule has 6 nitrogen and oxygen atoms in total. The van der Waals surface area contributed by atoms with Gasteiger partial charge in [0.2, 0.25) is 0 Å². The minimum absolute atomic E-state index is 0.00741. The van der Waals surface area contributed by atoms with Crippen molar-refractivity contribution in [1.29, 1.82) is 0 Å². The number of H-pyrrole nitrogens is 1. The van der Waals surface area contributed by atoms with E-state index in [9.17, 15) is 27.2 Å². The van der Waals surface area contributed by atoms with E-state index in [0.717, 1.165) is 31.0 Å². The highest BCUT2D eigenvalue weighted by atomic mass is 19.4. The van der Waals surface area contributed by atoms with Gasteiger partial charge in [-0.1, -0.05) is 6.07 Å². The topological polar surface area (TPSA) is 84.1 Å². The van der Waals surface area contributed by atoms with Crippen LogP contribution in [0.4, 0.5) is 17.6 Å². The van der Waals surface area contributed by atoms with Crippen LogP contribution in [0.2, 0.25) is 0 Å². The molecule has 10 heteroatoms. The predicted molar refractivity (Wildman–Crippen MR) is 89.9 cm³/mol. The molecule has 28 heavy (non-hydrogen) atoms. The molecule has 2 aromatic rings. The summed E-state index contributed by atoms with van der Waals surface area (Å²) in [5, 5.41) is 2.65. The number of aromatic nitrogens is 2. The first-order chi connectivity index (χ1) is 13.2. The number of nitrogens with zero attached hydrogens (tertiary/aromatic N) is 1. The molecule has 1 atom stereocenters. The van der Waals surface area contributed by atoms with Crippen molar-refractivity contribution < 1.29 is 27.1 Å². The molecule has 1 fully saturated rings. The number of halogens is 4. The lowest BCUT2D eigenvalue weighted by Crippen LogP contribution is -2.32. The minimum atomic E-state index is -4.80. The molecule has 1 aromatic carbocycles. The first-order valence-corrected chi connectivity index (χ1v) is 8.45. The van der Waals surface area contributed by atoms with Gasteiger partial charge in [0.15, 0.2) is 0 Å². The summed E-state index contributed by atoms with van der Waals surface area (Å²) in [4.78, 5) is 30.6. The molecule has 1 aliphatic rings. The van der Waals surface area contributed by atoms with Gasteiger partial charge in [-0.3, -0.25) is 9.59 Å². The number of methoxy groups -OCH3 is 1. The molecular weight excluding hydrogens is 382 g/mol. The van der Waals surface area contributed by atoms with Gasteiger partial charge in [-0.2, -0.15) is 13.2 Å². The lowest BCUT2D eigenvalue weighted by atomic mass is 10.00. The lowest BCUT2D eigenvalue weighted by Gasteiger charge is -2.20. The van der Waals surface area contributed by atoms with Crippen LogP contribution in [0.3, 0.4) is 0 Å². The second-order valence-corrected chi connectivity index (χ2v) is 6.54. The summed E-state index contributed by atoms with van der Waals surface area (Å²) in [5.41, 5.74) is -1.84. The quantitative estimate of drug-likeness (QED) is 0.732. The first-order valence-electron chi connectivity index (χ1n) is 8.45. The zero-order valence-corrected chi connectivity index (χ0v) is 14.8. The molecule has 2 N–H and O–H groups in total. The highest BCUT2D eigenvalue weighted by molar-refractivity contribution is 5.92. The molecule has 0 unspecified atom stereocenters. The second kappa shape index (κ2) is 7.70. The average molecular weight is 399 g/mol. The number of benzene rings is 1. The number of rotatable bonds is 6. The number of nitrogens with one attached hydrogen (secondary N) is 2. The van der Waals surface area contributed by atoms with Gasteiger partial charge in [0.05, 0.1) is 11.6 Å². The zero-order chi connectivity index (χ0) is 20.5. The van der Waals surface area contributed by atoms with Crippen molar-refractivity contribution in [3.05, 3.63) is 63.1 Å². The maximum atomic E-state index is 13.9. The van der Waals surface area contributed by atoms with E-state index in [1.165, 1.54) is 7.11 Å². The monoisotopic (exact) mass is 399 g/mol. The van der Waals surface area contributed by atoms with E-state index in [1.54, 1.807) is 0 Å². The summed E-state index contributed by atoms with van der Waals surface area (Å²) in [6.07, 6.45) is -3.32. The first kappa shape index (κ1) is 20.0. The molecule has 0 spiro atoms. The van der Waals surface area contributed by atoms with E-state index >= 15 is 0 Å². The van der Waals surface area contributed by atoms with E-state index in [-0.39, 0.29) is 29.6 Å².